The molecule has 0 radical (unpaired) electrons. The zero-order valence-corrected chi connectivity index (χ0v) is 12.9. The molecule has 0 aliphatic heterocycles. The SMILES string of the molecule is CCCc1cc(=O)n(C)c(CC(=O)c2ccc(Cl)cc2)n1. The molecule has 0 amide bonds. The highest BCUT2D eigenvalue weighted by molar-refractivity contribution is 6.30. The Labute approximate surface area is 128 Å². The van der Waals surface area contributed by atoms with Gasteiger partial charge in [-0.3, -0.25) is 14.2 Å². The molecule has 0 aliphatic carbocycles. The Hall–Kier alpha value is -1.94. The van der Waals surface area contributed by atoms with Crippen molar-refractivity contribution in [2.45, 2.75) is 26.2 Å². The maximum Gasteiger partial charge on any atom is 0.253 e. The zero-order valence-electron chi connectivity index (χ0n) is 12.1. The highest BCUT2D eigenvalue weighted by Crippen LogP contribution is 2.11. The molecule has 0 unspecified atom stereocenters. The molecule has 1 aromatic carbocycles. The second-order valence-electron chi connectivity index (χ2n) is 4.92. The molecular formula is C16H17ClN2O2. The second-order valence-corrected chi connectivity index (χ2v) is 5.35. The molecule has 0 fully saturated rings. The first-order valence-electron chi connectivity index (χ1n) is 6.86. The molecule has 0 saturated heterocycles. The Bertz CT molecular complexity index is 705. The number of carbonyl (C=O) groups excluding carboxylic acids is 1. The molecule has 0 N–H and O–H groups in total. The van der Waals surface area contributed by atoms with Crippen molar-refractivity contribution >= 4 is 17.4 Å². The average molecular weight is 305 g/mol. The van der Waals surface area contributed by atoms with Crippen molar-refractivity contribution < 1.29 is 4.79 Å². The molecule has 5 heteroatoms. The monoisotopic (exact) mass is 304 g/mol. The van der Waals surface area contributed by atoms with Crippen LogP contribution in [0.1, 0.15) is 35.2 Å². The van der Waals surface area contributed by atoms with Crippen LogP contribution >= 0.6 is 11.6 Å². The Morgan fingerprint density at radius 1 is 1.29 bits per heavy atom. The van der Waals surface area contributed by atoms with E-state index in [1.165, 1.54) is 10.6 Å². The fourth-order valence-electron chi connectivity index (χ4n) is 2.06. The zero-order chi connectivity index (χ0) is 15.4. The minimum absolute atomic E-state index is 0.0807. The van der Waals surface area contributed by atoms with Crippen LogP contribution in [0.25, 0.3) is 0 Å². The van der Waals surface area contributed by atoms with Crippen molar-refractivity contribution in [1.82, 2.24) is 9.55 Å². The molecule has 0 saturated carbocycles. The van der Waals surface area contributed by atoms with E-state index in [9.17, 15) is 9.59 Å². The molecule has 4 nitrogen and oxygen atoms in total. The number of halogens is 1. The van der Waals surface area contributed by atoms with Gasteiger partial charge in [0.05, 0.1) is 6.42 Å². The van der Waals surface area contributed by atoms with Crippen LogP contribution in [-0.4, -0.2) is 15.3 Å². The largest absolute Gasteiger partial charge is 0.299 e. The minimum Gasteiger partial charge on any atom is -0.299 e. The minimum atomic E-state index is -0.132. The lowest BCUT2D eigenvalue weighted by molar-refractivity contribution is 0.0989. The van der Waals surface area contributed by atoms with E-state index in [0.29, 0.717) is 16.4 Å². The van der Waals surface area contributed by atoms with Gasteiger partial charge in [-0.15, -0.1) is 0 Å². The molecule has 2 aromatic rings. The van der Waals surface area contributed by atoms with E-state index < -0.39 is 0 Å². The summed E-state index contributed by atoms with van der Waals surface area (Å²) in [5.74, 6) is 0.411. The van der Waals surface area contributed by atoms with Crippen molar-refractivity contribution in [2.24, 2.45) is 7.05 Å². The molecule has 110 valence electrons. The lowest BCUT2D eigenvalue weighted by Gasteiger charge is -2.09. The van der Waals surface area contributed by atoms with E-state index >= 15 is 0 Å². The van der Waals surface area contributed by atoms with Crippen LogP contribution in [0, 0.1) is 0 Å². The summed E-state index contributed by atoms with van der Waals surface area (Å²) in [6, 6.07) is 8.24. The maximum absolute atomic E-state index is 12.3. The van der Waals surface area contributed by atoms with Gasteiger partial charge in [0, 0.05) is 29.4 Å². The quantitative estimate of drug-likeness (QED) is 0.798. The van der Waals surface area contributed by atoms with Gasteiger partial charge in [-0.2, -0.15) is 0 Å². The predicted octanol–water partition coefficient (Wildman–Crippen LogP) is 2.81. The van der Waals surface area contributed by atoms with Crippen LogP contribution in [0.2, 0.25) is 5.02 Å². The Morgan fingerprint density at radius 3 is 2.57 bits per heavy atom. The second kappa shape index (κ2) is 6.68. The average Bonchev–Trinajstić information content (AvgIpc) is 2.45. The number of rotatable bonds is 5. The fraction of sp³-hybridized carbons (Fsp3) is 0.312. The molecular weight excluding hydrogens is 288 g/mol. The van der Waals surface area contributed by atoms with Gasteiger partial charge in [-0.25, -0.2) is 4.98 Å². The molecule has 2 rings (SSSR count). The number of nitrogens with zero attached hydrogens (tertiary/aromatic N) is 2. The summed E-state index contributed by atoms with van der Waals surface area (Å²) >= 11 is 5.81. The van der Waals surface area contributed by atoms with Crippen LogP contribution in [-0.2, 0) is 19.9 Å². The van der Waals surface area contributed by atoms with Gasteiger partial charge in [0.2, 0.25) is 0 Å². The highest BCUT2D eigenvalue weighted by atomic mass is 35.5. The van der Waals surface area contributed by atoms with Gasteiger partial charge in [-0.1, -0.05) is 24.9 Å². The van der Waals surface area contributed by atoms with Crippen molar-refractivity contribution in [3.05, 3.63) is 62.8 Å². The number of Topliss-reactive ketones (excluding diaryl/α,β-unsaturated/α-hetero) is 1. The van der Waals surface area contributed by atoms with Gasteiger partial charge < -0.3 is 0 Å². The topological polar surface area (TPSA) is 52.0 Å². The van der Waals surface area contributed by atoms with Crippen LogP contribution < -0.4 is 5.56 Å². The molecule has 0 spiro atoms. The van der Waals surface area contributed by atoms with E-state index in [2.05, 4.69) is 4.98 Å². The number of hydrogen-bond acceptors (Lipinski definition) is 3. The third-order valence-corrected chi connectivity index (χ3v) is 3.52. The summed E-state index contributed by atoms with van der Waals surface area (Å²) < 4.78 is 1.42. The van der Waals surface area contributed by atoms with Gasteiger partial charge in [-0.05, 0) is 30.7 Å². The highest BCUT2D eigenvalue weighted by Gasteiger charge is 2.12. The summed E-state index contributed by atoms with van der Waals surface area (Å²) in [4.78, 5) is 28.6. The molecule has 1 heterocycles. The number of aryl methyl sites for hydroxylation is 1. The summed E-state index contributed by atoms with van der Waals surface area (Å²) in [6.45, 7) is 2.03. The van der Waals surface area contributed by atoms with E-state index in [1.807, 2.05) is 6.92 Å². The molecule has 21 heavy (non-hydrogen) atoms. The summed E-state index contributed by atoms with van der Waals surface area (Å²) in [7, 11) is 1.63. The first-order valence-corrected chi connectivity index (χ1v) is 7.23. The molecule has 0 aliphatic rings. The number of hydrogen-bond donors (Lipinski definition) is 0. The number of ketones is 1. The fourth-order valence-corrected chi connectivity index (χ4v) is 2.19. The summed E-state index contributed by atoms with van der Waals surface area (Å²) in [5, 5.41) is 0.585. The van der Waals surface area contributed by atoms with Gasteiger partial charge in [0.15, 0.2) is 5.78 Å². The van der Waals surface area contributed by atoms with E-state index in [1.54, 1.807) is 31.3 Å². The van der Waals surface area contributed by atoms with Gasteiger partial charge >= 0.3 is 0 Å². The van der Waals surface area contributed by atoms with Crippen LogP contribution in [0.15, 0.2) is 35.1 Å². The van der Waals surface area contributed by atoms with Crippen molar-refractivity contribution in [2.75, 3.05) is 0 Å². The first-order chi connectivity index (χ1) is 10.0. The molecule has 1 aromatic heterocycles. The van der Waals surface area contributed by atoms with Crippen molar-refractivity contribution in [1.29, 1.82) is 0 Å². The van der Waals surface area contributed by atoms with Crippen molar-refractivity contribution in [3.8, 4) is 0 Å². The predicted molar refractivity (Wildman–Crippen MR) is 83.0 cm³/mol. The molecule has 0 atom stereocenters. The van der Waals surface area contributed by atoms with Crippen LogP contribution in [0.3, 0.4) is 0 Å². The van der Waals surface area contributed by atoms with Crippen molar-refractivity contribution in [3.63, 3.8) is 0 Å². The number of benzene rings is 1. The first kappa shape index (κ1) is 15.4. The van der Waals surface area contributed by atoms with E-state index in [0.717, 1.165) is 18.5 Å². The van der Waals surface area contributed by atoms with Crippen LogP contribution in [0.4, 0.5) is 0 Å². The van der Waals surface area contributed by atoms with E-state index in [4.69, 9.17) is 11.6 Å². The summed E-state index contributed by atoms with van der Waals surface area (Å²) in [6.07, 6.45) is 1.74. The third-order valence-electron chi connectivity index (χ3n) is 3.27. The summed E-state index contributed by atoms with van der Waals surface area (Å²) in [5.41, 5.74) is 1.17. The lowest BCUT2D eigenvalue weighted by atomic mass is 10.1. The van der Waals surface area contributed by atoms with Crippen LogP contribution in [0.5, 0.6) is 0 Å². The molecule has 0 bridgehead atoms. The normalized spacial score (nSPS) is 10.6. The Kier molecular flexibility index (Phi) is 4.91. The Morgan fingerprint density at radius 2 is 1.95 bits per heavy atom. The maximum atomic E-state index is 12.3. The standard InChI is InChI=1S/C16H17ClN2O2/c1-3-4-13-9-16(21)19(2)15(18-13)10-14(20)11-5-7-12(17)8-6-11/h5-9H,3-4,10H2,1-2H3. The van der Waals surface area contributed by atoms with E-state index in [-0.39, 0.29) is 17.8 Å². The lowest BCUT2D eigenvalue weighted by Crippen LogP contribution is -2.24. The Balaban J connectivity index is 2.28. The third kappa shape index (κ3) is 3.79. The van der Waals surface area contributed by atoms with Gasteiger partial charge in [0.1, 0.15) is 5.82 Å². The number of carbonyl (C=O) groups is 1. The smallest absolute Gasteiger partial charge is 0.253 e. The number of aromatic nitrogens is 2. The van der Waals surface area contributed by atoms with Gasteiger partial charge in [0.25, 0.3) is 5.56 Å².